The highest BCUT2D eigenvalue weighted by atomic mass is 16.6. The molecule has 0 radical (unpaired) electrons. The van der Waals surface area contributed by atoms with Crippen LogP contribution in [0.3, 0.4) is 0 Å². The van der Waals surface area contributed by atoms with Gasteiger partial charge in [0.1, 0.15) is 11.4 Å². The number of aromatic nitrogens is 1. The van der Waals surface area contributed by atoms with Gasteiger partial charge in [0.05, 0.1) is 11.6 Å². The Morgan fingerprint density at radius 3 is 2.34 bits per heavy atom. The summed E-state index contributed by atoms with van der Waals surface area (Å²) in [5, 5.41) is 21.4. The van der Waals surface area contributed by atoms with Gasteiger partial charge in [0.2, 0.25) is 0 Å². The molecule has 7 heteroatoms. The van der Waals surface area contributed by atoms with E-state index in [9.17, 15) is 20.0 Å². The Morgan fingerprint density at radius 2 is 1.79 bits per heavy atom. The summed E-state index contributed by atoms with van der Waals surface area (Å²) in [5.41, 5.74) is -1.56. The number of rotatable bonds is 5. The van der Waals surface area contributed by atoms with Gasteiger partial charge in [0.15, 0.2) is 0 Å². The quantitative estimate of drug-likeness (QED) is 0.571. The van der Waals surface area contributed by atoms with Crippen molar-refractivity contribution in [3.63, 3.8) is 0 Å². The van der Waals surface area contributed by atoms with Crippen LogP contribution >= 0.6 is 0 Å². The van der Waals surface area contributed by atoms with Crippen molar-refractivity contribution in [2.75, 3.05) is 0 Å². The molecule has 1 aliphatic rings. The average molecular weight is 400 g/mol. The van der Waals surface area contributed by atoms with Crippen LogP contribution in [-0.4, -0.2) is 27.1 Å². The second kappa shape index (κ2) is 7.61. The smallest absolute Gasteiger partial charge is 0.388 e. The van der Waals surface area contributed by atoms with Gasteiger partial charge in [-0.05, 0) is 61.3 Å². The zero-order valence-corrected chi connectivity index (χ0v) is 17.3. The van der Waals surface area contributed by atoms with Gasteiger partial charge in [-0.2, -0.15) is 0 Å². The highest BCUT2D eigenvalue weighted by Crippen LogP contribution is 2.39. The Kier molecular flexibility index (Phi) is 5.52. The number of carboxylic acid groups (broad SMARTS) is 1. The summed E-state index contributed by atoms with van der Waals surface area (Å²) < 4.78 is 6.17. The number of hydrogen-bond donors (Lipinski definition) is 1. The molecule has 1 saturated carbocycles. The SMILES string of the molecule is CC(C)(C)C1CCC(Oc2ccc3nc(C(C)(C(=O)O)[N+](=O)[O-])ccc3c2)CC1. The molecule has 0 spiro atoms. The van der Waals surface area contributed by atoms with E-state index in [2.05, 4.69) is 25.8 Å². The first-order valence-corrected chi connectivity index (χ1v) is 9.97. The van der Waals surface area contributed by atoms with Crippen molar-refractivity contribution in [3.8, 4) is 5.75 Å². The first-order chi connectivity index (χ1) is 13.5. The van der Waals surface area contributed by atoms with Crippen LogP contribution in [0.15, 0.2) is 30.3 Å². The van der Waals surface area contributed by atoms with Gasteiger partial charge >= 0.3 is 11.5 Å². The third-order valence-corrected chi connectivity index (χ3v) is 6.14. The number of nitrogens with zero attached hydrogens (tertiary/aromatic N) is 2. The number of carbonyl (C=O) groups is 1. The van der Waals surface area contributed by atoms with Crippen LogP contribution in [0.2, 0.25) is 0 Å². The van der Waals surface area contributed by atoms with Crippen molar-refractivity contribution < 1.29 is 19.6 Å². The van der Waals surface area contributed by atoms with E-state index in [1.807, 2.05) is 6.07 Å². The van der Waals surface area contributed by atoms with Gasteiger partial charge in [-0.1, -0.05) is 26.8 Å². The lowest BCUT2D eigenvalue weighted by atomic mass is 9.72. The van der Waals surface area contributed by atoms with E-state index in [4.69, 9.17) is 4.74 Å². The summed E-state index contributed by atoms with van der Waals surface area (Å²) in [6.45, 7) is 7.92. The maximum Gasteiger partial charge on any atom is 0.388 e. The molecule has 1 fully saturated rings. The molecule has 1 aromatic carbocycles. The fourth-order valence-corrected chi connectivity index (χ4v) is 3.97. The molecule has 29 heavy (non-hydrogen) atoms. The Balaban J connectivity index is 1.77. The van der Waals surface area contributed by atoms with Crippen LogP contribution < -0.4 is 4.74 Å². The van der Waals surface area contributed by atoms with Crippen molar-refractivity contribution in [3.05, 3.63) is 46.1 Å². The first-order valence-electron chi connectivity index (χ1n) is 9.97. The van der Waals surface area contributed by atoms with E-state index in [0.717, 1.165) is 43.7 Å². The van der Waals surface area contributed by atoms with Crippen LogP contribution in [-0.2, 0) is 10.3 Å². The Hall–Kier alpha value is -2.70. The van der Waals surface area contributed by atoms with Gasteiger partial charge in [-0.25, -0.2) is 9.78 Å². The molecule has 7 nitrogen and oxygen atoms in total. The number of nitro groups is 1. The topological polar surface area (TPSA) is 103 Å². The zero-order valence-electron chi connectivity index (χ0n) is 17.3. The van der Waals surface area contributed by atoms with E-state index >= 15 is 0 Å². The second-order valence-corrected chi connectivity index (χ2v) is 9.14. The molecule has 0 saturated heterocycles. The van der Waals surface area contributed by atoms with Gasteiger partial charge < -0.3 is 9.84 Å². The number of carboxylic acids is 1. The third kappa shape index (κ3) is 4.18. The normalized spacial score (nSPS) is 22.1. The number of fused-ring (bicyclic) bond motifs is 1. The largest absolute Gasteiger partial charge is 0.490 e. The van der Waals surface area contributed by atoms with Crippen LogP contribution in [0.4, 0.5) is 0 Å². The standard InChI is InChI=1S/C22H28N2O5/c1-21(2,3)15-6-8-16(9-7-15)29-17-10-11-18-14(13-17)5-12-19(23-18)22(4,20(25)26)24(27)28/h5,10-13,15-16H,6-9H2,1-4H3,(H,25,26). The Morgan fingerprint density at radius 1 is 1.14 bits per heavy atom. The summed E-state index contributed by atoms with van der Waals surface area (Å²) in [6.07, 6.45) is 4.54. The minimum Gasteiger partial charge on any atom is -0.490 e. The molecule has 156 valence electrons. The van der Waals surface area contributed by atoms with E-state index in [1.54, 1.807) is 18.2 Å². The van der Waals surface area contributed by atoms with E-state index < -0.39 is 16.4 Å². The molecule has 0 bridgehead atoms. The average Bonchev–Trinajstić information content (AvgIpc) is 2.66. The summed E-state index contributed by atoms with van der Waals surface area (Å²) >= 11 is 0. The molecule has 3 rings (SSSR count). The molecule has 0 amide bonds. The second-order valence-electron chi connectivity index (χ2n) is 9.14. The monoisotopic (exact) mass is 400 g/mol. The van der Waals surface area contributed by atoms with Crippen molar-refractivity contribution in [1.29, 1.82) is 0 Å². The fraction of sp³-hybridized carbons (Fsp3) is 0.545. The van der Waals surface area contributed by atoms with Crippen molar-refractivity contribution in [2.24, 2.45) is 11.3 Å². The predicted molar refractivity (Wildman–Crippen MR) is 110 cm³/mol. The van der Waals surface area contributed by atoms with E-state index in [-0.39, 0.29) is 11.8 Å². The zero-order chi connectivity index (χ0) is 21.4. The van der Waals surface area contributed by atoms with Crippen LogP contribution in [0, 0.1) is 21.4 Å². The molecule has 1 aromatic heterocycles. The maximum atomic E-state index is 11.5. The molecular formula is C22H28N2O5. The van der Waals surface area contributed by atoms with Gasteiger partial charge in [-0.3, -0.25) is 10.1 Å². The Labute approximate surface area is 170 Å². The summed E-state index contributed by atoms with van der Waals surface area (Å²) in [6, 6.07) is 8.42. The van der Waals surface area contributed by atoms with Crippen LogP contribution in [0.5, 0.6) is 5.75 Å². The summed E-state index contributed by atoms with van der Waals surface area (Å²) in [7, 11) is 0. The number of benzene rings is 1. The lowest BCUT2D eigenvalue weighted by Gasteiger charge is -2.36. The number of aliphatic carboxylic acids is 1. The van der Waals surface area contributed by atoms with Crippen molar-refractivity contribution in [1.82, 2.24) is 4.98 Å². The highest BCUT2D eigenvalue weighted by molar-refractivity contribution is 5.83. The van der Waals surface area contributed by atoms with Gasteiger partial charge in [0, 0.05) is 17.2 Å². The molecule has 2 aromatic rings. The molecule has 0 aliphatic heterocycles. The molecular weight excluding hydrogens is 372 g/mol. The Bertz CT molecular complexity index is 912. The summed E-state index contributed by atoms with van der Waals surface area (Å²) in [4.78, 5) is 26.2. The molecule has 1 unspecified atom stereocenters. The third-order valence-electron chi connectivity index (χ3n) is 6.14. The molecule has 1 N–H and O–H groups in total. The predicted octanol–water partition coefficient (Wildman–Crippen LogP) is 4.80. The number of hydrogen-bond acceptors (Lipinski definition) is 5. The molecule has 1 atom stereocenters. The molecule has 1 aliphatic carbocycles. The number of ether oxygens (including phenoxy) is 1. The van der Waals surface area contributed by atoms with Crippen LogP contribution in [0.1, 0.15) is 59.1 Å². The maximum absolute atomic E-state index is 11.5. The van der Waals surface area contributed by atoms with Crippen molar-refractivity contribution in [2.45, 2.75) is 65.0 Å². The first kappa shape index (κ1) is 21.0. The minimum atomic E-state index is -2.28. The minimum absolute atomic E-state index is 0.100. The fourth-order valence-electron chi connectivity index (χ4n) is 3.97. The summed E-state index contributed by atoms with van der Waals surface area (Å²) in [5.74, 6) is -0.0894. The number of pyridine rings is 1. The lowest BCUT2D eigenvalue weighted by Crippen LogP contribution is -2.41. The van der Waals surface area contributed by atoms with E-state index in [0.29, 0.717) is 16.8 Å². The highest BCUT2D eigenvalue weighted by Gasteiger charge is 2.49. The van der Waals surface area contributed by atoms with Gasteiger partial charge in [-0.15, -0.1) is 0 Å². The van der Waals surface area contributed by atoms with Gasteiger partial charge in [0.25, 0.3) is 0 Å². The molecule has 1 heterocycles. The van der Waals surface area contributed by atoms with Crippen LogP contribution in [0.25, 0.3) is 10.9 Å². The van der Waals surface area contributed by atoms with E-state index in [1.165, 1.54) is 6.07 Å². The lowest BCUT2D eigenvalue weighted by molar-refractivity contribution is -0.559. The van der Waals surface area contributed by atoms with Crippen molar-refractivity contribution >= 4 is 16.9 Å².